The van der Waals surface area contributed by atoms with E-state index in [4.69, 9.17) is 4.74 Å². The van der Waals surface area contributed by atoms with Gasteiger partial charge in [0.25, 0.3) is 5.91 Å². The number of aryl methyl sites for hydroxylation is 1. The van der Waals surface area contributed by atoms with Crippen LogP contribution in [0.3, 0.4) is 0 Å². The molecule has 29 heavy (non-hydrogen) atoms. The van der Waals surface area contributed by atoms with Gasteiger partial charge in [-0.05, 0) is 50.5 Å². The molecule has 1 aliphatic carbocycles. The van der Waals surface area contributed by atoms with Gasteiger partial charge in [0.05, 0.1) is 23.4 Å². The predicted molar refractivity (Wildman–Crippen MR) is 102 cm³/mol. The third kappa shape index (κ3) is 3.67. The van der Waals surface area contributed by atoms with Gasteiger partial charge in [0, 0.05) is 6.20 Å². The number of fused-ring (bicyclic) bond motifs is 1. The van der Waals surface area contributed by atoms with E-state index >= 15 is 0 Å². The molecule has 0 radical (unpaired) electrons. The number of aliphatic hydroxyl groups is 1. The summed E-state index contributed by atoms with van der Waals surface area (Å²) in [6.45, 7) is 1.40. The van der Waals surface area contributed by atoms with Crippen molar-refractivity contribution in [3.05, 3.63) is 65.1 Å². The minimum atomic E-state index is -0.688. The lowest BCUT2D eigenvalue weighted by atomic mass is 10.2. The lowest BCUT2D eigenvalue weighted by Gasteiger charge is -2.16. The first-order valence-corrected chi connectivity index (χ1v) is 9.48. The average Bonchev–Trinajstić information content (AvgIpc) is 3.23. The monoisotopic (exact) mass is 401 g/mol. The predicted octanol–water partition coefficient (Wildman–Crippen LogP) is 3.14. The highest BCUT2D eigenvalue weighted by Crippen LogP contribution is 2.25. The van der Waals surface area contributed by atoms with E-state index < -0.39 is 17.7 Å². The second-order valence-electron chi connectivity index (χ2n) is 7.18. The Labute approximate surface area is 166 Å². The van der Waals surface area contributed by atoms with Crippen LogP contribution in [0.1, 0.15) is 41.0 Å². The van der Waals surface area contributed by atoms with E-state index in [1.54, 1.807) is 29.7 Å². The quantitative estimate of drug-likeness (QED) is 0.689. The van der Waals surface area contributed by atoms with E-state index in [0.717, 1.165) is 12.8 Å². The Hall–Kier alpha value is -3.00. The molecule has 2 atom stereocenters. The molecule has 1 aliphatic rings. The topological polar surface area (TPSA) is 75.9 Å². The Balaban J connectivity index is 1.61. The number of benzene rings is 1. The third-order valence-electron chi connectivity index (χ3n) is 5.23. The van der Waals surface area contributed by atoms with Crippen molar-refractivity contribution >= 4 is 11.6 Å². The van der Waals surface area contributed by atoms with Crippen molar-refractivity contribution < 1.29 is 23.4 Å². The molecule has 0 saturated heterocycles. The van der Waals surface area contributed by atoms with Crippen LogP contribution in [0.25, 0.3) is 5.65 Å². The number of carbonyl (C=O) groups is 1. The number of aliphatic hydroxyl groups excluding tert-OH is 1. The summed E-state index contributed by atoms with van der Waals surface area (Å²) < 4.78 is 34.9. The molecule has 152 valence electrons. The number of hydrogen-bond donors (Lipinski definition) is 2. The van der Waals surface area contributed by atoms with Gasteiger partial charge in [0.15, 0.2) is 11.4 Å². The van der Waals surface area contributed by atoms with Gasteiger partial charge in [-0.3, -0.25) is 9.20 Å². The maximum atomic E-state index is 13.9. The number of rotatable bonds is 5. The molecule has 0 unspecified atom stereocenters. The summed E-state index contributed by atoms with van der Waals surface area (Å²) in [5.41, 5.74) is 1.02. The van der Waals surface area contributed by atoms with Gasteiger partial charge >= 0.3 is 0 Å². The molecule has 8 heteroatoms. The highest BCUT2D eigenvalue weighted by molar-refractivity contribution is 5.95. The summed E-state index contributed by atoms with van der Waals surface area (Å²) >= 11 is 0. The van der Waals surface area contributed by atoms with E-state index in [2.05, 4.69) is 10.3 Å². The molecule has 0 bridgehead atoms. The van der Waals surface area contributed by atoms with Crippen LogP contribution in [0.4, 0.5) is 8.78 Å². The maximum absolute atomic E-state index is 13.9. The minimum Gasteiger partial charge on any atom is -0.485 e. The third-order valence-corrected chi connectivity index (χ3v) is 5.23. The molecule has 4 rings (SSSR count). The number of hydrogen-bond acceptors (Lipinski definition) is 4. The van der Waals surface area contributed by atoms with Crippen molar-refractivity contribution in [3.63, 3.8) is 0 Å². The molecule has 1 aromatic carbocycles. The van der Waals surface area contributed by atoms with E-state index in [9.17, 15) is 18.7 Å². The molecule has 1 saturated carbocycles. The molecule has 6 nitrogen and oxygen atoms in total. The Bertz CT molecular complexity index is 1050. The summed E-state index contributed by atoms with van der Waals surface area (Å²) in [6.07, 6.45) is 3.38. The van der Waals surface area contributed by atoms with Gasteiger partial charge in [-0.1, -0.05) is 6.07 Å². The second-order valence-corrected chi connectivity index (χ2v) is 7.18. The molecule has 2 N–H and O–H groups in total. The number of halogens is 2. The first kappa shape index (κ1) is 19.3. The summed E-state index contributed by atoms with van der Waals surface area (Å²) in [6, 6.07) is 6.64. The van der Waals surface area contributed by atoms with Crippen molar-refractivity contribution in [3.8, 4) is 5.75 Å². The van der Waals surface area contributed by atoms with E-state index in [0.29, 0.717) is 29.2 Å². The normalized spacial score (nSPS) is 18.9. The largest absolute Gasteiger partial charge is 0.485 e. The summed E-state index contributed by atoms with van der Waals surface area (Å²) in [5, 5.41) is 12.8. The molecule has 0 aliphatic heterocycles. The number of imidazole rings is 1. The Morgan fingerprint density at radius 1 is 1.28 bits per heavy atom. The number of nitrogens with zero attached hydrogens (tertiary/aromatic N) is 2. The SMILES string of the molecule is Cc1nc2c(OCc3c(F)cccc3F)cccn2c1C(=O)N[C@@H]1CCC[C@@H]1O. The van der Waals surface area contributed by atoms with Gasteiger partial charge in [-0.2, -0.15) is 0 Å². The Morgan fingerprint density at radius 3 is 2.72 bits per heavy atom. The van der Waals surface area contributed by atoms with Gasteiger partial charge < -0.3 is 15.2 Å². The van der Waals surface area contributed by atoms with Crippen molar-refractivity contribution in [1.82, 2.24) is 14.7 Å². The smallest absolute Gasteiger partial charge is 0.270 e. The number of ether oxygens (including phenoxy) is 1. The zero-order valence-corrected chi connectivity index (χ0v) is 15.9. The van der Waals surface area contributed by atoms with Crippen molar-refractivity contribution in [2.45, 2.75) is 44.9 Å². The van der Waals surface area contributed by atoms with Gasteiger partial charge in [0.2, 0.25) is 0 Å². The highest BCUT2D eigenvalue weighted by atomic mass is 19.1. The fraction of sp³-hybridized carbons (Fsp3) is 0.333. The number of amides is 1. The number of carbonyl (C=O) groups excluding carboxylic acids is 1. The first-order chi connectivity index (χ1) is 14.0. The van der Waals surface area contributed by atoms with E-state index in [1.807, 2.05) is 0 Å². The summed E-state index contributed by atoms with van der Waals surface area (Å²) in [7, 11) is 0. The maximum Gasteiger partial charge on any atom is 0.270 e. The van der Waals surface area contributed by atoms with Gasteiger partial charge in [-0.25, -0.2) is 13.8 Å². The Kier molecular flexibility index (Phi) is 5.19. The highest BCUT2D eigenvalue weighted by Gasteiger charge is 2.29. The lowest BCUT2D eigenvalue weighted by molar-refractivity contribution is 0.0867. The zero-order valence-electron chi connectivity index (χ0n) is 15.9. The number of pyridine rings is 1. The van der Waals surface area contributed by atoms with Crippen molar-refractivity contribution in [2.24, 2.45) is 0 Å². The number of aromatic nitrogens is 2. The molecule has 2 aromatic heterocycles. The van der Waals surface area contributed by atoms with E-state index in [-0.39, 0.29) is 24.1 Å². The molecule has 0 spiro atoms. The zero-order chi connectivity index (χ0) is 20.5. The minimum absolute atomic E-state index is 0.175. The average molecular weight is 401 g/mol. The van der Waals surface area contributed by atoms with Crippen molar-refractivity contribution in [1.29, 1.82) is 0 Å². The molecule has 3 aromatic rings. The molecule has 2 heterocycles. The number of nitrogens with one attached hydrogen (secondary N) is 1. The Morgan fingerprint density at radius 2 is 2.03 bits per heavy atom. The standard InChI is InChI=1S/C21H21F2N3O3/c1-12-19(21(28)25-16-7-3-8-17(16)27)26-10-4-9-18(20(26)24-12)29-11-13-14(22)5-2-6-15(13)23/h2,4-6,9-10,16-17,27H,3,7-8,11H2,1H3,(H,25,28)/t16-,17+/m1/s1. The molecular weight excluding hydrogens is 380 g/mol. The van der Waals surface area contributed by atoms with Gasteiger partial charge in [-0.15, -0.1) is 0 Å². The first-order valence-electron chi connectivity index (χ1n) is 9.48. The summed E-state index contributed by atoms with van der Waals surface area (Å²) in [4.78, 5) is 17.2. The lowest BCUT2D eigenvalue weighted by Crippen LogP contribution is -2.40. The fourth-order valence-electron chi connectivity index (χ4n) is 3.71. The van der Waals surface area contributed by atoms with E-state index in [1.165, 1.54) is 18.2 Å². The van der Waals surface area contributed by atoms with Gasteiger partial charge in [0.1, 0.15) is 23.9 Å². The van der Waals surface area contributed by atoms with Crippen LogP contribution in [-0.4, -0.2) is 32.5 Å². The molecule has 1 amide bonds. The van der Waals surface area contributed by atoms with Crippen LogP contribution >= 0.6 is 0 Å². The summed E-state index contributed by atoms with van der Waals surface area (Å²) in [5.74, 6) is -1.41. The van der Waals surface area contributed by atoms with Crippen molar-refractivity contribution in [2.75, 3.05) is 0 Å². The van der Waals surface area contributed by atoms with Crippen LogP contribution in [0.2, 0.25) is 0 Å². The van der Waals surface area contributed by atoms with Crippen LogP contribution in [0, 0.1) is 18.6 Å². The van der Waals surface area contributed by atoms with Crippen LogP contribution in [-0.2, 0) is 6.61 Å². The van der Waals surface area contributed by atoms with Crippen LogP contribution in [0.5, 0.6) is 5.75 Å². The molecular formula is C21H21F2N3O3. The molecule has 1 fully saturated rings. The second kappa shape index (κ2) is 7.79. The fourth-order valence-corrected chi connectivity index (χ4v) is 3.71. The van der Waals surface area contributed by atoms with Crippen LogP contribution in [0.15, 0.2) is 36.5 Å². The van der Waals surface area contributed by atoms with Crippen LogP contribution < -0.4 is 10.1 Å².